The molecule has 6 nitrogen and oxygen atoms in total. The number of aliphatic hydroxyl groups is 1. The van der Waals surface area contributed by atoms with Crippen LogP contribution in [0.1, 0.15) is 13.3 Å². The van der Waals surface area contributed by atoms with Crippen LogP contribution in [0.15, 0.2) is 23.4 Å². The molecule has 10 heteroatoms. The van der Waals surface area contributed by atoms with Gasteiger partial charge in [-0.15, -0.1) is 0 Å². The summed E-state index contributed by atoms with van der Waals surface area (Å²) in [5.74, 6) is -5.37. The van der Waals surface area contributed by atoms with Gasteiger partial charge in [0.1, 0.15) is 5.71 Å². The lowest BCUT2D eigenvalue weighted by Crippen LogP contribution is -2.52. The van der Waals surface area contributed by atoms with E-state index < -0.39 is 36.4 Å². The van der Waals surface area contributed by atoms with Crippen molar-refractivity contribution >= 4 is 29.1 Å². The van der Waals surface area contributed by atoms with Crippen LogP contribution in [0.25, 0.3) is 0 Å². The lowest BCUT2D eigenvalue weighted by atomic mass is 10.0. The molecule has 1 aromatic heterocycles. The van der Waals surface area contributed by atoms with E-state index in [0.717, 1.165) is 0 Å². The number of ether oxygens (including phenoxy) is 1. The Bertz CT molecular complexity index is 644. The topological polar surface area (TPSA) is 75.0 Å². The molecule has 126 valence electrons. The van der Waals surface area contributed by atoms with Crippen LogP contribution in [-0.2, 0) is 9.53 Å². The molecule has 0 saturated carbocycles. The Balaban J connectivity index is 2.51. The highest BCUT2D eigenvalue weighted by atomic mass is 35.5. The fourth-order valence-corrected chi connectivity index (χ4v) is 2.19. The first-order valence-corrected chi connectivity index (χ1v) is 6.96. The number of hydrazone groups is 1. The zero-order chi connectivity index (χ0) is 17.3. The number of hydrogen-bond acceptors (Lipinski definition) is 6. The van der Waals surface area contributed by atoms with Gasteiger partial charge in [-0.25, -0.2) is 19.2 Å². The van der Waals surface area contributed by atoms with Crippen LogP contribution < -0.4 is 5.01 Å². The number of nitrogens with zero attached hydrogens (tertiary/aromatic N) is 3. The highest BCUT2D eigenvalue weighted by Gasteiger charge is 2.56. The molecule has 1 atom stereocenters. The first kappa shape index (κ1) is 17.5. The number of alkyl halides is 3. The van der Waals surface area contributed by atoms with Gasteiger partial charge in [-0.3, -0.25) is 0 Å². The highest BCUT2D eigenvalue weighted by molar-refractivity contribution is 6.33. The second kappa shape index (κ2) is 6.32. The largest absolute Gasteiger partial charge is 0.462 e. The summed E-state index contributed by atoms with van der Waals surface area (Å²) in [5, 5.41) is 14.5. The second-order valence-electron chi connectivity index (χ2n) is 4.72. The Morgan fingerprint density at radius 2 is 2.30 bits per heavy atom. The maximum absolute atomic E-state index is 13.6. The summed E-state index contributed by atoms with van der Waals surface area (Å²) in [4.78, 5) is 15.8. The van der Waals surface area contributed by atoms with Gasteiger partial charge < -0.3 is 9.84 Å². The molecular formula is C13H13ClF3N3O3. The van der Waals surface area contributed by atoms with Crippen molar-refractivity contribution in [2.24, 2.45) is 5.10 Å². The van der Waals surface area contributed by atoms with Crippen molar-refractivity contribution in [1.82, 2.24) is 4.98 Å². The van der Waals surface area contributed by atoms with E-state index in [0.29, 0.717) is 5.01 Å². The molecule has 1 aliphatic heterocycles. The first-order valence-electron chi connectivity index (χ1n) is 6.58. The minimum Gasteiger partial charge on any atom is -0.462 e. The van der Waals surface area contributed by atoms with Crippen molar-refractivity contribution in [1.29, 1.82) is 0 Å². The number of rotatable bonds is 5. The summed E-state index contributed by atoms with van der Waals surface area (Å²) in [6, 6.07) is 2.84. The van der Waals surface area contributed by atoms with Crippen molar-refractivity contribution in [3.8, 4) is 0 Å². The summed E-state index contributed by atoms with van der Waals surface area (Å²) in [5.41, 5.74) is -3.58. The number of carbonyl (C=O) groups is 1. The Hall–Kier alpha value is -1.87. The molecule has 0 spiro atoms. The van der Waals surface area contributed by atoms with E-state index in [9.17, 15) is 23.1 Å². The number of esters is 1. The van der Waals surface area contributed by atoms with Crippen LogP contribution in [-0.4, -0.2) is 46.7 Å². The van der Waals surface area contributed by atoms with Gasteiger partial charge in [-0.1, -0.05) is 11.6 Å². The lowest BCUT2D eigenvalue weighted by molar-refractivity contribution is -0.163. The van der Waals surface area contributed by atoms with E-state index in [1.807, 2.05) is 0 Å². The van der Waals surface area contributed by atoms with E-state index in [-0.39, 0.29) is 17.4 Å². The molecule has 2 rings (SSSR count). The van der Waals surface area contributed by atoms with Crippen molar-refractivity contribution in [3.05, 3.63) is 23.4 Å². The number of aromatic nitrogens is 1. The van der Waals surface area contributed by atoms with Gasteiger partial charge in [0.25, 0.3) is 5.72 Å². The highest BCUT2D eigenvalue weighted by Crippen LogP contribution is 2.38. The van der Waals surface area contributed by atoms with E-state index in [1.54, 1.807) is 0 Å². The number of pyridine rings is 1. The number of hydrogen-bond donors (Lipinski definition) is 1. The Kier molecular flexibility index (Phi) is 4.81. The fraction of sp³-hybridized carbons (Fsp3) is 0.462. The third kappa shape index (κ3) is 3.11. The normalized spacial score (nSPS) is 21.3. The molecule has 0 amide bonds. The SMILES string of the molecule is CCOC(=O)C1(O)CC(C(F)(F)CF)=NN1c1ncccc1Cl. The van der Waals surface area contributed by atoms with Gasteiger partial charge in [-0.05, 0) is 19.1 Å². The zero-order valence-electron chi connectivity index (χ0n) is 12.0. The Labute approximate surface area is 134 Å². The minimum absolute atomic E-state index is 0.0382. The number of halogens is 4. The molecule has 0 aliphatic carbocycles. The molecule has 0 radical (unpaired) electrons. The smallest absolute Gasteiger partial charge is 0.362 e. The summed E-state index contributed by atoms with van der Waals surface area (Å²) < 4.78 is 44.4. The molecule has 0 bridgehead atoms. The third-order valence-corrected chi connectivity index (χ3v) is 3.41. The van der Waals surface area contributed by atoms with Crippen LogP contribution in [0.3, 0.4) is 0 Å². The Morgan fingerprint density at radius 1 is 1.61 bits per heavy atom. The molecule has 2 heterocycles. The van der Waals surface area contributed by atoms with Gasteiger partial charge in [0.05, 0.1) is 18.1 Å². The Morgan fingerprint density at radius 3 is 2.87 bits per heavy atom. The molecule has 1 aromatic rings. The van der Waals surface area contributed by atoms with Crippen LogP contribution >= 0.6 is 11.6 Å². The summed E-state index contributed by atoms with van der Waals surface area (Å²) in [6.07, 6.45) is 0.337. The van der Waals surface area contributed by atoms with Crippen molar-refractivity contribution in [2.75, 3.05) is 18.3 Å². The minimum atomic E-state index is -3.93. The molecule has 0 aromatic carbocycles. The maximum Gasteiger partial charge on any atom is 0.362 e. The maximum atomic E-state index is 13.6. The molecule has 23 heavy (non-hydrogen) atoms. The van der Waals surface area contributed by atoms with Gasteiger partial charge in [0.2, 0.25) is 0 Å². The fourth-order valence-electron chi connectivity index (χ4n) is 1.99. The molecule has 0 fully saturated rings. The summed E-state index contributed by atoms with van der Waals surface area (Å²) in [7, 11) is 0. The van der Waals surface area contributed by atoms with Gasteiger partial charge >= 0.3 is 11.9 Å². The van der Waals surface area contributed by atoms with Crippen LogP contribution in [0.5, 0.6) is 0 Å². The molecular weight excluding hydrogens is 339 g/mol. The quantitative estimate of drug-likeness (QED) is 0.823. The molecule has 1 unspecified atom stereocenters. The van der Waals surface area contributed by atoms with Crippen LogP contribution in [0.4, 0.5) is 19.0 Å². The van der Waals surface area contributed by atoms with Crippen LogP contribution in [0.2, 0.25) is 5.02 Å². The molecule has 0 saturated heterocycles. The first-order chi connectivity index (χ1) is 10.8. The second-order valence-corrected chi connectivity index (χ2v) is 5.13. The molecule has 1 aliphatic rings. The predicted octanol–water partition coefficient (Wildman–Crippen LogP) is 2.16. The number of anilines is 1. The van der Waals surface area contributed by atoms with Crippen molar-refractivity contribution < 1.29 is 27.8 Å². The van der Waals surface area contributed by atoms with Gasteiger partial charge in [0.15, 0.2) is 12.5 Å². The third-order valence-electron chi connectivity index (χ3n) is 3.12. The predicted molar refractivity (Wildman–Crippen MR) is 76.3 cm³/mol. The van der Waals surface area contributed by atoms with Gasteiger partial charge in [-0.2, -0.15) is 13.9 Å². The summed E-state index contributed by atoms with van der Waals surface area (Å²) in [6.45, 7) is -0.638. The number of carbonyl (C=O) groups excluding carboxylic acids is 1. The van der Waals surface area contributed by atoms with Gasteiger partial charge in [0, 0.05) is 6.20 Å². The van der Waals surface area contributed by atoms with E-state index >= 15 is 0 Å². The standard InChI is InChI=1S/C13H13ClF3N3O3/c1-2-23-11(21)13(22)6-9(12(16,17)7-15)19-20(13)10-8(14)4-3-5-18-10/h3-5,22H,2,6-7H2,1H3. The van der Waals surface area contributed by atoms with Crippen molar-refractivity contribution in [2.45, 2.75) is 25.0 Å². The van der Waals surface area contributed by atoms with E-state index in [4.69, 9.17) is 16.3 Å². The monoisotopic (exact) mass is 351 g/mol. The zero-order valence-corrected chi connectivity index (χ0v) is 12.7. The lowest BCUT2D eigenvalue weighted by Gasteiger charge is -2.29. The van der Waals surface area contributed by atoms with E-state index in [2.05, 4.69) is 10.1 Å². The average Bonchev–Trinajstić information content (AvgIpc) is 2.88. The van der Waals surface area contributed by atoms with Crippen LogP contribution in [0, 0.1) is 0 Å². The molecule has 1 N–H and O–H groups in total. The van der Waals surface area contributed by atoms with Crippen molar-refractivity contribution in [3.63, 3.8) is 0 Å². The average molecular weight is 352 g/mol. The summed E-state index contributed by atoms with van der Waals surface area (Å²) >= 11 is 5.91. The van der Waals surface area contributed by atoms with E-state index in [1.165, 1.54) is 25.3 Å².